The number of carbonyl (C=O) groups excluding carboxylic acids is 1. The highest BCUT2D eigenvalue weighted by Crippen LogP contribution is 2.16. The fourth-order valence-electron chi connectivity index (χ4n) is 1.51. The lowest BCUT2D eigenvalue weighted by Gasteiger charge is -2.19. The van der Waals surface area contributed by atoms with Crippen LogP contribution in [-0.2, 0) is 0 Å². The molecular weight excluding hydrogens is 244 g/mol. The third-order valence-corrected chi connectivity index (χ3v) is 2.55. The van der Waals surface area contributed by atoms with Gasteiger partial charge >= 0.3 is 6.03 Å². The van der Waals surface area contributed by atoms with E-state index in [1.165, 1.54) is 0 Å². The van der Waals surface area contributed by atoms with Gasteiger partial charge in [-0.25, -0.2) is 4.79 Å². The standard InChI is InChI=1S/C13H20N4O2/c1-3-17(4-2)13(18)16-10-5-7-11(8-6-10)19-9-12(14)15/h5-8H,3-4,9H2,1-2H3,(H3,14,15)(H,16,18). The zero-order chi connectivity index (χ0) is 14.3. The fourth-order valence-corrected chi connectivity index (χ4v) is 1.51. The summed E-state index contributed by atoms with van der Waals surface area (Å²) in [6.07, 6.45) is 0. The van der Waals surface area contributed by atoms with E-state index in [9.17, 15) is 4.79 Å². The van der Waals surface area contributed by atoms with Crippen molar-refractivity contribution in [2.24, 2.45) is 5.73 Å². The quantitative estimate of drug-likeness (QED) is 0.541. The smallest absolute Gasteiger partial charge is 0.321 e. The van der Waals surface area contributed by atoms with Crippen LogP contribution in [0.25, 0.3) is 0 Å². The minimum Gasteiger partial charge on any atom is -0.486 e. The monoisotopic (exact) mass is 264 g/mol. The van der Waals surface area contributed by atoms with Crippen molar-refractivity contribution in [1.29, 1.82) is 5.41 Å². The van der Waals surface area contributed by atoms with Gasteiger partial charge in [0.05, 0.1) is 0 Å². The molecule has 0 aliphatic rings. The number of anilines is 1. The Morgan fingerprint density at radius 2 is 1.89 bits per heavy atom. The van der Waals surface area contributed by atoms with Gasteiger partial charge in [0.15, 0.2) is 0 Å². The molecule has 0 atom stereocenters. The summed E-state index contributed by atoms with van der Waals surface area (Å²) in [6, 6.07) is 6.82. The molecule has 0 aliphatic carbocycles. The maximum Gasteiger partial charge on any atom is 0.321 e. The van der Waals surface area contributed by atoms with Gasteiger partial charge in [-0.05, 0) is 38.1 Å². The number of amidine groups is 1. The molecule has 0 saturated carbocycles. The first-order chi connectivity index (χ1) is 9.06. The molecule has 0 aromatic heterocycles. The van der Waals surface area contributed by atoms with Crippen molar-refractivity contribution in [3.63, 3.8) is 0 Å². The Morgan fingerprint density at radius 1 is 1.32 bits per heavy atom. The lowest BCUT2D eigenvalue weighted by Crippen LogP contribution is -2.34. The molecule has 104 valence electrons. The molecule has 0 saturated heterocycles. The van der Waals surface area contributed by atoms with E-state index in [4.69, 9.17) is 15.9 Å². The predicted octanol–water partition coefficient (Wildman–Crippen LogP) is 1.88. The van der Waals surface area contributed by atoms with Crippen molar-refractivity contribution < 1.29 is 9.53 Å². The van der Waals surface area contributed by atoms with E-state index in [1.54, 1.807) is 29.2 Å². The van der Waals surface area contributed by atoms with Crippen LogP contribution in [0.15, 0.2) is 24.3 Å². The van der Waals surface area contributed by atoms with Crippen molar-refractivity contribution in [2.45, 2.75) is 13.8 Å². The largest absolute Gasteiger partial charge is 0.486 e. The molecule has 0 aliphatic heterocycles. The van der Waals surface area contributed by atoms with Crippen LogP contribution in [0.1, 0.15) is 13.8 Å². The first-order valence-electron chi connectivity index (χ1n) is 6.18. The lowest BCUT2D eigenvalue weighted by molar-refractivity contribution is 0.217. The highest BCUT2D eigenvalue weighted by molar-refractivity contribution is 5.89. The molecule has 1 aromatic rings. The molecule has 0 radical (unpaired) electrons. The third-order valence-electron chi connectivity index (χ3n) is 2.55. The number of carbonyl (C=O) groups is 1. The number of nitrogens with zero attached hydrogens (tertiary/aromatic N) is 1. The van der Waals surface area contributed by atoms with Gasteiger partial charge in [0.2, 0.25) is 0 Å². The number of rotatable bonds is 6. The van der Waals surface area contributed by atoms with Gasteiger partial charge in [-0.1, -0.05) is 0 Å². The Balaban J connectivity index is 2.56. The second kappa shape index (κ2) is 7.25. The second-order valence-electron chi connectivity index (χ2n) is 3.94. The van der Waals surface area contributed by atoms with Crippen LogP contribution in [0.4, 0.5) is 10.5 Å². The van der Waals surface area contributed by atoms with Gasteiger partial charge in [0, 0.05) is 18.8 Å². The van der Waals surface area contributed by atoms with Gasteiger partial charge in [0.1, 0.15) is 18.2 Å². The van der Waals surface area contributed by atoms with E-state index in [2.05, 4.69) is 5.32 Å². The molecule has 1 aromatic carbocycles. The Bertz CT molecular complexity index is 427. The molecule has 4 N–H and O–H groups in total. The Kier molecular flexibility index (Phi) is 5.66. The third kappa shape index (κ3) is 4.87. The first kappa shape index (κ1) is 14.8. The summed E-state index contributed by atoms with van der Waals surface area (Å²) in [5, 5.41) is 9.86. The molecule has 0 fully saturated rings. The van der Waals surface area contributed by atoms with Crippen molar-refractivity contribution >= 4 is 17.6 Å². The minimum absolute atomic E-state index is 0.0288. The Labute approximate surface area is 113 Å². The van der Waals surface area contributed by atoms with Crippen LogP contribution in [0.3, 0.4) is 0 Å². The van der Waals surface area contributed by atoms with Gasteiger partial charge < -0.3 is 20.7 Å². The van der Waals surface area contributed by atoms with E-state index in [1.807, 2.05) is 13.8 Å². The molecule has 1 rings (SSSR count). The number of nitrogens with two attached hydrogens (primary N) is 1. The topological polar surface area (TPSA) is 91.4 Å². The van der Waals surface area contributed by atoms with Crippen molar-refractivity contribution in [3.05, 3.63) is 24.3 Å². The maximum absolute atomic E-state index is 11.8. The highest BCUT2D eigenvalue weighted by Gasteiger charge is 2.08. The van der Waals surface area contributed by atoms with Crippen LogP contribution < -0.4 is 15.8 Å². The molecular formula is C13H20N4O2. The van der Waals surface area contributed by atoms with E-state index in [-0.39, 0.29) is 18.5 Å². The summed E-state index contributed by atoms with van der Waals surface area (Å²) in [6.45, 7) is 5.26. The van der Waals surface area contributed by atoms with Gasteiger partial charge in [-0.15, -0.1) is 0 Å². The average Bonchev–Trinajstić information content (AvgIpc) is 2.39. The van der Waals surface area contributed by atoms with Gasteiger partial charge in [0.25, 0.3) is 0 Å². The summed E-state index contributed by atoms with van der Waals surface area (Å²) in [7, 11) is 0. The fraction of sp³-hybridized carbons (Fsp3) is 0.385. The number of hydrogen-bond donors (Lipinski definition) is 3. The van der Waals surface area contributed by atoms with Crippen LogP contribution in [-0.4, -0.2) is 36.5 Å². The zero-order valence-electron chi connectivity index (χ0n) is 11.3. The first-order valence-corrected chi connectivity index (χ1v) is 6.18. The van der Waals surface area contributed by atoms with E-state index in [0.29, 0.717) is 24.5 Å². The Morgan fingerprint density at radius 3 is 2.37 bits per heavy atom. The number of ether oxygens (including phenoxy) is 1. The Hall–Kier alpha value is -2.24. The van der Waals surface area contributed by atoms with Crippen LogP contribution in [0, 0.1) is 5.41 Å². The molecule has 19 heavy (non-hydrogen) atoms. The second-order valence-corrected chi connectivity index (χ2v) is 3.94. The number of nitrogens with one attached hydrogen (secondary N) is 2. The molecule has 2 amide bonds. The zero-order valence-corrected chi connectivity index (χ0v) is 11.3. The van der Waals surface area contributed by atoms with Crippen LogP contribution in [0.5, 0.6) is 5.75 Å². The van der Waals surface area contributed by atoms with Crippen molar-refractivity contribution in [1.82, 2.24) is 4.90 Å². The summed E-state index contributed by atoms with van der Waals surface area (Å²) >= 11 is 0. The average molecular weight is 264 g/mol. The number of hydrogen-bond acceptors (Lipinski definition) is 3. The molecule has 0 heterocycles. The van der Waals surface area contributed by atoms with Crippen LogP contribution in [0.2, 0.25) is 0 Å². The summed E-state index contributed by atoms with van der Waals surface area (Å²) < 4.78 is 5.24. The number of amides is 2. The number of benzene rings is 1. The van der Waals surface area contributed by atoms with Crippen molar-refractivity contribution in [3.8, 4) is 5.75 Å². The molecule has 0 unspecified atom stereocenters. The normalized spacial score (nSPS) is 9.79. The van der Waals surface area contributed by atoms with Crippen LogP contribution >= 0.6 is 0 Å². The molecule has 0 spiro atoms. The molecule has 0 bridgehead atoms. The van der Waals surface area contributed by atoms with Crippen molar-refractivity contribution in [2.75, 3.05) is 25.0 Å². The minimum atomic E-state index is -0.123. The SMILES string of the molecule is CCN(CC)C(=O)Nc1ccc(OCC(=N)N)cc1. The van der Waals surface area contributed by atoms with Gasteiger partial charge in [-0.2, -0.15) is 0 Å². The van der Waals surface area contributed by atoms with E-state index >= 15 is 0 Å². The van der Waals surface area contributed by atoms with E-state index < -0.39 is 0 Å². The number of urea groups is 1. The molecule has 6 nitrogen and oxygen atoms in total. The predicted molar refractivity (Wildman–Crippen MR) is 75.8 cm³/mol. The summed E-state index contributed by atoms with van der Waals surface area (Å²) in [5.41, 5.74) is 5.90. The van der Waals surface area contributed by atoms with E-state index in [0.717, 1.165) is 0 Å². The summed E-state index contributed by atoms with van der Waals surface area (Å²) in [4.78, 5) is 13.5. The van der Waals surface area contributed by atoms with Gasteiger partial charge in [-0.3, -0.25) is 5.41 Å². The highest BCUT2D eigenvalue weighted by atomic mass is 16.5. The molecule has 6 heteroatoms. The maximum atomic E-state index is 11.8. The lowest BCUT2D eigenvalue weighted by atomic mass is 10.3. The summed E-state index contributed by atoms with van der Waals surface area (Å²) in [5.74, 6) is 0.579.